The molecule has 2 heterocycles. The van der Waals surface area contributed by atoms with E-state index in [2.05, 4.69) is 36.3 Å². The van der Waals surface area contributed by atoms with Crippen LogP contribution in [0.5, 0.6) is 0 Å². The van der Waals surface area contributed by atoms with Crippen LogP contribution in [0.4, 0.5) is 16.4 Å². The molecule has 1 aromatic carbocycles. The summed E-state index contributed by atoms with van der Waals surface area (Å²) in [6.45, 7) is 8.88. The van der Waals surface area contributed by atoms with Gasteiger partial charge in [-0.25, -0.2) is 0 Å². The fraction of sp³-hybridized carbons (Fsp3) is 0.520. The van der Waals surface area contributed by atoms with E-state index in [1.165, 1.54) is 23.5 Å². The monoisotopic (exact) mass is 484 g/mol. The van der Waals surface area contributed by atoms with Gasteiger partial charge in [0, 0.05) is 22.7 Å². The van der Waals surface area contributed by atoms with E-state index in [0.717, 1.165) is 55.6 Å². The number of carbonyl (C=O) groups excluding carboxylic acids is 2. The number of nitrogens with zero attached hydrogens (tertiary/aromatic N) is 2. The second-order valence-corrected chi connectivity index (χ2v) is 11.4. The van der Waals surface area contributed by atoms with Gasteiger partial charge in [0.15, 0.2) is 0 Å². The molecule has 1 fully saturated rings. The first kappa shape index (κ1) is 24.3. The summed E-state index contributed by atoms with van der Waals surface area (Å²) >= 11 is 1.50. The molecule has 0 radical (unpaired) electrons. The predicted octanol–water partition coefficient (Wildman–Crippen LogP) is 5.09. The third-order valence-electron chi connectivity index (χ3n) is 6.85. The Bertz CT molecular complexity index is 1100. The first-order chi connectivity index (χ1) is 16.1. The Balaban J connectivity index is 1.61. The zero-order valence-corrected chi connectivity index (χ0v) is 20.8. The number of carbonyl (C=O) groups is 2. The smallest absolute Gasteiger partial charge is 0.271 e. The number of fused-ring (bicyclic) bond motifs is 1. The number of nitro groups is 1. The van der Waals surface area contributed by atoms with E-state index in [1.54, 1.807) is 12.1 Å². The van der Waals surface area contributed by atoms with Crippen LogP contribution in [0.1, 0.15) is 60.8 Å². The summed E-state index contributed by atoms with van der Waals surface area (Å²) in [5.74, 6) is 0.0421. The summed E-state index contributed by atoms with van der Waals surface area (Å²) in [7, 11) is 0. The molecule has 1 aromatic heterocycles. The minimum atomic E-state index is -0.487. The van der Waals surface area contributed by atoms with Crippen molar-refractivity contribution in [3.8, 4) is 0 Å². The standard InChI is InChI=1S/C25H32N4O4S/c1-25(2,3)16-9-10-19-20(13-16)34-24(27-21(30)15-28-11-4-5-12-28)22(19)23(31)26-17-7-6-8-18(14-17)29(32)33/h6-8,14,16H,4-5,9-13,15H2,1-3H3,(H,26,31)(H,27,30)/t16-/m0/s1. The van der Waals surface area contributed by atoms with Gasteiger partial charge in [-0.15, -0.1) is 11.3 Å². The zero-order chi connectivity index (χ0) is 24.5. The molecule has 2 aromatic rings. The maximum atomic E-state index is 13.4. The van der Waals surface area contributed by atoms with Crippen LogP contribution in [-0.2, 0) is 17.6 Å². The quantitative estimate of drug-likeness (QED) is 0.439. The lowest BCUT2D eigenvalue weighted by atomic mass is 9.72. The molecular formula is C25H32N4O4S. The third kappa shape index (κ3) is 5.47. The molecule has 0 saturated carbocycles. The number of nitrogens with one attached hydrogen (secondary N) is 2. The van der Waals surface area contributed by atoms with E-state index in [4.69, 9.17) is 0 Å². The molecule has 4 rings (SSSR count). The molecule has 0 spiro atoms. The van der Waals surface area contributed by atoms with Crippen molar-refractivity contribution in [2.45, 2.75) is 52.9 Å². The van der Waals surface area contributed by atoms with E-state index in [1.807, 2.05) is 0 Å². The molecule has 9 heteroatoms. The molecule has 2 aliphatic rings. The van der Waals surface area contributed by atoms with Gasteiger partial charge in [0.2, 0.25) is 5.91 Å². The van der Waals surface area contributed by atoms with Crippen molar-refractivity contribution in [2.75, 3.05) is 30.3 Å². The molecule has 1 atom stereocenters. The number of hydrogen-bond acceptors (Lipinski definition) is 6. The molecular weight excluding hydrogens is 452 g/mol. The van der Waals surface area contributed by atoms with Crippen LogP contribution in [0.3, 0.4) is 0 Å². The fourth-order valence-electron chi connectivity index (χ4n) is 4.85. The van der Waals surface area contributed by atoms with Crippen molar-refractivity contribution in [1.82, 2.24) is 4.90 Å². The van der Waals surface area contributed by atoms with Crippen LogP contribution in [0.15, 0.2) is 24.3 Å². The molecule has 182 valence electrons. The topological polar surface area (TPSA) is 105 Å². The van der Waals surface area contributed by atoms with Crippen molar-refractivity contribution < 1.29 is 14.5 Å². The second-order valence-electron chi connectivity index (χ2n) is 10.3. The highest BCUT2D eigenvalue weighted by Gasteiger charge is 2.34. The van der Waals surface area contributed by atoms with Crippen molar-refractivity contribution >= 4 is 39.5 Å². The molecule has 2 N–H and O–H groups in total. The molecule has 1 aliphatic carbocycles. The zero-order valence-electron chi connectivity index (χ0n) is 20.0. The highest BCUT2D eigenvalue weighted by atomic mass is 32.1. The SMILES string of the molecule is CC(C)(C)[C@H]1CCc2c(sc(NC(=O)CN3CCCC3)c2C(=O)Nc2cccc([N+](=O)[O-])c2)C1. The number of thiophene rings is 1. The summed E-state index contributed by atoms with van der Waals surface area (Å²) in [6, 6.07) is 5.91. The molecule has 0 unspecified atom stereocenters. The van der Waals surface area contributed by atoms with Crippen LogP contribution in [0, 0.1) is 21.4 Å². The van der Waals surface area contributed by atoms with Gasteiger partial charge in [0.25, 0.3) is 11.6 Å². The number of likely N-dealkylation sites (tertiary alicyclic amines) is 1. The summed E-state index contributed by atoms with van der Waals surface area (Å²) in [5.41, 5.74) is 1.92. The molecule has 34 heavy (non-hydrogen) atoms. The number of non-ortho nitro benzene ring substituents is 1. The van der Waals surface area contributed by atoms with E-state index in [9.17, 15) is 19.7 Å². The summed E-state index contributed by atoms with van der Waals surface area (Å²) in [6.07, 6.45) is 4.83. The average Bonchev–Trinajstić information content (AvgIpc) is 3.39. The number of anilines is 2. The Morgan fingerprint density at radius 2 is 1.94 bits per heavy atom. The van der Waals surface area contributed by atoms with Crippen LogP contribution < -0.4 is 10.6 Å². The molecule has 1 saturated heterocycles. The van der Waals surface area contributed by atoms with Crippen LogP contribution in [-0.4, -0.2) is 41.3 Å². The lowest BCUT2D eigenvalue weighted by Gasteiger charge is -2.33. The van der Waals surface area contributed by atoms with E-state index < -0.39 is 4.92 Å². The Labute approximate surface area is 203 Å². The maximum Gasteiger partial charge on any atom is 0.271 e. The molecule has 8 nitrogen and oxygen atoms in total. The first-order valence-corrected chi connectivity index (χ1v) is 12.7. The Morgan fingerprint density at radius 1 is 1.21 bits per heavy atom. The molecule has 1 aliphatic heterocycles. The summed E-state index contributed by atoms with van der Waals surface area (Å²) in [4.78, 5) is 40.1. The van der Waals surface area contributed by atoms with Crippen molar-refractivity contribution in [1.29, 1.82) is 0 Å². The Kier molecular flexibility index (Phi) is 7.04. The highest BCUT2D eigenvalue weighted by Crippen LogP contribution is 2.44. The molecule has 0 bridgehead atoms. The number of nitro benzene ring substituents is 1. The largest absolute Gasteiger partial charge is 0.322 e. The van der Waals surface area contributed by atoms with Gasteiger partial charge in [-0.3, -0.25) is 24.6 Å². The van der Waals surface area contributed by atoms with Crippen molar-refractivity contribution in [2.24, 2.45) is 11.3 Å². The van der Waals surface area contributed by atoms with Gasteiger partial charge in [0.05, 0.1) is 17.0 Å². The van der Waals surface area contributed by atoms with E-state index in [0.29, 0.717) is 28.7 Å². The van der Waals surface area contributed by atoms with Gasteiger partial charge in [-0.2, -0.15) is 0 Å². The minimum absolute atomic E-state index is 0.0858. The second kappa shape index (κ2) is 9.84. The van der Waals surface area contributed by atoms with Gasteiger partial charge in [-0.1, -0.05) is 26.8 Å². The number of hydrogen-bond donors (Lipinski definition) is 2. The van der Waals surface area contributed by atoms with Crippen molar-refractivity contribution in [3.63, 3.8) is 0 Å². The normalized spacial score (nSPS) is 18.4. The highest BCUT2D eigenvalue weighted by molar-refractivity contribution is 7.17. The minimum Gasteiger partial charge on any atom is -0.322 e. The van der Waals surface area contributed by atoms with Gasteiger partial charge >= 0.3 is 0 Å². The van der Waals surface area contributed by atoms with E-state index >= 15 is 0 Å². The lowest BCUT2D eigenvalue weighted by Crippen LogP contribution is -2.31. The van der Waals surface area contributed by atoms with E-state index in [-0.39, 0.29) is 22.9 Å². The Morgan fingerprint density at radius 3 is 2.62 bits per heavy atom. The number of rotatable bonds is 6. The summed E-state index contributed by atoms with van der Waals surface area (Å²) < 4.78 is 0. The first-order valence-electron chi connectivity index (χ1n) is 11.8. The van der Waals surface area contributed by atoms with Crippen LogP contribution >= 0.6 is 11.3 Å². The van der Waals surface area contributed by atoms with Gasteiger partial charge in [0.1, 0.15) is 5.00 Å². The van der Waals surface area contributed by atoms with Crippen LogP contribution in [0.25, 0.3) is 0 Å². The number of amides is 2. The Hall–Kier alpha value is -2.78. The van der Waals surface area contributed by atoms with Gasteiger partial charge < -0.3 is 10.6 Å². The number of benzene rings is 1. The maximum absolute atomic E-state index is 13.4. The average molecular weight is 485 g/mol. The lowest BCUT2D eigenvalue weighted by molar-refractivity contribution is -0.384. The predicted molar refractivity (Wildman–Crippen MR) is 135 cm³/mol. The summed E-state index contributed by atoms with van der Waals surface area (Å²) in [5, 5.41) is 17.5. The third-order valence-corrected chi connectivity index (χ3v) is 8.02. The fourth-order valence-corrected chi connectivity index (χ4v) is 6.20. The van der Waals surface area contributed by atoms with Crippen molar-refractivity contribution in [3.05, 3.63) is 50.4 Å². The van der Waals surface area contributed by atoms with Crippen LogP contribution in [0.2, 0.25) is 0 Å². The molecule has 2 amide bonds. The van der Waals surface area contributed by atoms with Gasteiger partial charge in [-0.05, 0) is 68.2 Å².